The Morgan fingerprint density at radius 1 is 1.00 bits per heavy atom. The van der Waals surface area contributed by atoms with Gasteiger partial charge in [0.15, 0.2) is 9.84 Å². The maximum absolute atomic E-state index is 13.0. The summed E-state index contributed by atoms with van der Waals surface area (Å²) in [5, 5.41) is 3.04. The Labute approximate surface area is 135 Å². The van der Waals surface area contributed by atoms with Crippen LogP contribution in [0.15, 0.2) is 53.4 Å². The number of rotatable bonds is 4. The molecular weight excluding hydrogens is 321 g/mol. The highest BCUT2D eigenvalue weighted by atomic mass is 32.2. The summed E-state index contributed by atoms with van der Waals surface area (Å²) in [5.74, 6) is -0.308. The van der Waals surface area contributed by atoms with Gasteiger partial charge in [-0.1, -0.05) is 12.1 Å². The predicted octanol–water partition coefficient (Wildman–Crippen LogP) is 3.20. The molecule has 0 unspecified atom stereocenters. The lowest BCUT2D eigenvalue weighted by Crippen LogP contribution is -2.06. The van der Waals surface area contributed by atoms with Gasteiger partial charge in [-0.25, -0.2) is 12.8 Å². The van der Waals surface area contributed by atoms with Gasteiger partial charge < -0.3 is 5.32 Å². The smallest absolute Gasteiger partial charge is 0.175 e. The quantitative estimate of drug-likeness (QED) is 0.665. The zero-order chi connectivity index (χ0) is 16.3. The summed E-state index contributed by atoms with van der Waals surface area (Å²) >= 11 is 4.51. The van der Waals surface area contributed by atoms with Gasteiger partial charge in [-0.2, -0.15) is 0 Å². The Morgan fingerprint density at radius 2 is 1.50 bits per heavy atom. The van der Waals surface area contributed by atoms with Gasteiger partial charge in [-0.3, -0.25) is 0 Å². The van der Waals surface area contributed by atoms with E-state index in [1.54, 1.807) is 43.4 Å². The van der Waals surface area contributed by atoms with E-state index >= 15 is 0 Å². The highest BCUT2D eigenvalue weighted by Gasteiger charge is 2.10. The molecule has 0 aliphatic heterocycles. The van der Waals surface area contributed by atoms with Crippen LogP contribution in [0.2, 0.25) is 0 Å². The lowest BCUT2D eigenvalue weighted by atomic mass is 10.1. The van der Waals surface area contributed by atoms with Crippen molar-refractivity contribution < 1.29 is 12.8 Å². The summed E-state index contributed by atoms with van der Waals surface area (Å²) in [4.78, 5) is 0.902. The Kier molecular flexibility index (Phi) is 4.93. The Hall–Kier alpha value is -1.79. The molecule has 1 N–H and O–H groups in total. The third kappa shape index (κ3) is 3.69. The molecule has 0 atom stereocenters. The second-order valence-corrected chi connectivity index (χ2v) is 7.24. The Balaban J connectivity index is 2.46. The Morgan fingerprint density at radius 3 is 1.95 bits per heavy atom. The largest absolute Gasteiger partial charge is 0.387 e. The van der Waals surface area contributed by atoms with Crippen LogP contribution in [0.1, 0.15) is 11.1 Å². The van der Waals surface area contributed by atoms with Gasteiger partial charge in [0.05, 0.1) is 10.6 Å². The van der Waals surface area contributed by atoms with E-state index in [4.69, 9.17) is 0 Å². The minimum atomic E-state index is -3.23. The molecule has 0 spiro atoms. The molecule has 22 heavy (non-hydrogen) atoms. The van der Waals surface area contributed by atoms with Gasteiger partial charge in [0.2, 0.25) is 0 Å². The van der Waals surface area contributed by atoms with Crippen LogP contribution in [0.3, 0.4) is 0 Å². The third-order valence-corrected chi connectivity index (χ3v) is 4.79. The first-order chi connectivity index (χ1) is 10.3. The van der Waals surface area contributed by atoms with E-state index in [-0.39, 0.29) is 10.7 Å². The molecule has 0 radical (unpaired) electrons. The molecule has 2 aromatic rings. The zero-order valence-corrected chi connectivity index (χ0v) is 13.9. The van der Waals surface area contributed by atoms with Crippen LogP contribution in [0, 0.1) is 5.82 Å². The van der Waals surface area contributed by atoms with Crippen LogP contribution in [-0.4, -0.2) is 21.7 Å². The first-order valence-corrected chi connectivity index (χ1v) is 8.84. The molecule has 2 rings (SSSR count). The van der Waals surface area contributed by atoms with Gasteiger partial charge in [-0.05, 0) is 47.5 Å². The average Bonchev–Trinajstić information content (AvgIpc) is 2.49. The van der Waals surface area contributed by atoms with Crippen LogP contribution in [-0.2, 0) is 9.84 Å². The second-order valence-electron chi connectivity index (χ2n) is 4.78. The van der Waals surface area contributed by atoms with Crippen molar-refractivity contribution in [3.63, 3.8) is 0 Å². The molecule has 0 saturated heterocycles. The molecule has 116 valence electrons. The van der Waals surface area contributed by atoms with Crippen LogP contribution in [0.4, 0.5) is 4.39 Å². The first kappa shape index (κ1) is 16.6. The van der Waals surface area contributed by atoms with E-state index in [0.29, 0.717) is 4.91 Å². The van der Waals surface area contributed by atoms with Gasteiger partial charge in [-0.15, -0.1) is 12.6 Å². The highest BCUT2D eigenvalue weighted by Crippen LogP contribution is 2.28. The monoisotopic (exact) mass is 337 g/mol. The van der Waals surface area contributed by atoms with Gasteiger partial charge in [0.25, 0.3) is 0 Å². The number of hydrogen-bond donors (Lipinski definition) is 2. The lowest BCUT2D eigenvalue weighted by molar-refractivity contribution is 0.602. The van der Waals surface area contributed by atoms with Crippen molar-refractivity contribution in [2.45, 2.75) is 4.90 Å². The fraction of sp³-hybridized carbons (Fsp3) is 0.125. The standard InChI is InChI=1S/C16H16FNO2S2/c1-18-15(11-3-7-13(17)8-4-11)16(21)12-5-9-14(10-6-12)22(2,19)20/h3-10,18,21H,1-2H3/b16-15-. The van der Waals surface area contributed by atoms with Crippen LogP contribution in [0.25, 0.3) is 10.6 Å². The molecule has 0 amide bonds. The highest BCUT2D eigenvalue weighted by molar-refractivity contribution is 7.91. The number of thiol groups is 1. The maximum atomic E-state index is 13.0. The number of hydrogen-bond acceptors (Lipinski definition) is 4. The third-order valence-electron chi connectivity index (χ3n) is 3.18. The number of sulfone groups is 1. The summed E-state index contributed by atoms with van der Waals surface area (Å²) in [6, 6.07) is 12.5. The van der Waals surface area contributed by atoms with Crippen molar-refractivity contribution in [2.75, 3.05) is 13.3 Å². The fourth-order valence-corrected chi connectivity index (χ4v) is 3.04. The van der Waals surface area contributed by atoms with E-state index in [0.717, 1.165) is 23.1 Å². The summed E-state index contributed by atoms with van der Waals surface area (Å²) in [5.41, 5.74) is 2.29. The maximum Gasteiger partial charge on any atom is 0.175 e. The number of benzene rings is 2. The van der Waals surface area contributed by atoms with E-state index in [9.17, 15) is 12.8 Å². The molecule has 6 heteroatoms. The van der Waals surface area contributed by atoms with E-state index in [1.807, 2.05) is 0 Å². The van der Waals surface area contributed by atoms with Crippen LogP contribution in [0.5, 0.6) is 0 Å². The SMILES string of the molecule is CN/C(=C(\S)c1ccc(S(C)(=O)=O)cc1)c1ccc(F)cc1. The normalized spacial score (nSPS) is 12.7. The predicted molar refractivity (Wildman–Crippen MR) is 90.8 cm³/mol. The Bertz CT molecular complexity index is 795. The van der Waals surface area contributed by atoms with Crippen molar-refractivity contribution in [1.82, 2.24) is 5.32 Å². The minimum absolute atomic E-state index is 0.255. The molecule has 0 aliphatic rings. The van der Waals surface area contributed by atoms with Crippen LogP contribution >= 0.6 is 12.6 Å². The summed E-state index contributed by atoms with van der Waals surface area (Å²) in [6.07, 6.45) is 1.16. The minimum Gasteiger partial charge on any atom is -0.387 e. The summed E-state index contributed by atoms with van der Waals surface area (Å²) in [7, 11) is -1.48. The average molecular weight is 337 g/mol. The van der Waals surface area contributed by atoms with E-state index < -0.39 is 9.84 Å². The first-order valence-electron chi connectivity index (χ1n) is 6.50. The van der Waals surface area contributed by atoms with Crippen LogP contribution < -0.4 is 5.32 Å². The van der Waals surface area contributed by atoms with Gasteiger partial charge >= 0.3 is 0 Å². The molecular formula is C16H16FNO2S2. The van der Waals surface area contributed by atoms with Crippen molar-refractivity contribution in [3.8, 4) is 0 Å². The van der Waals surface area contributed by atoms with Crippen molar-refractivity contribution in [1.29, 1.82) is 0 Å². The molecule has 3 nitrogen and oxygen atoms in total. The molecule has 0 bridgehead atoms. The topological polar surface area (TPSA) is 46.2 Å². The summed E-state index contributed by atoms with van der Waals surface area (Å²) in [6.45, 7) is 0. The van der Waals surface area contributed by atoms with E-state index in [2.05, 4.69) is 17.9 Å². The van der Waals surface area contributed by atoms with Gasteiger partial charge in [0.1, 0.15) is 5.82 Å². The van der Waals surface area contributed by atoms with Gasteiger partial charge in [0, 0.05) is 18.2 Å². The molecule has 0 heterocycles. The molecule has 0 fully saturated rings. The molecule has 0 aliphatic carbocycles. The lowest BCUT2D eigenvalue weighted by Gasteiger charge is -2.12. The van der Waals surface area contributed by atoms with E-state index in [1.165, 1.54) is 12.1 Å². The van der Waals surface area contributed by atoms with Crippen molar-refractivity contribution in [2.24, 2.45) is 0 Å². The molecule has 0 saturated carbocycles. The summed E-state index contributed by atoms with van der Waals surface area (Å²) < 4.78 is 36.0. The molecule has 0 aromatic heterocycles. The van der Waals surface area contributed by atoms with Crippen molar-refractivity contribution in [3.05, 3.63) is 65.5 Å². The number of halogens is 1. The van der Waals surface area contributed by atoms with Crippen molar-refractivity contribution >= 4 is 33.1 Å². The molecule has 2 aromatic carbocycles. The zero-order valence-electron chi connectivity index (χ0n) is 12.2. The number of nitrogens with one attached hydrogen (secondary N) is 1. The fourth-order valence-electron chi connectivity index (χ4n) is 2.02. The second kappa shape index (κ2) is 6.54.